The highest BCUT2D eigenvalue weighted by atomic mass is 79.9. The average molecular weight is 315 g/mol. The number of nitrogens with zero attached hydrogens (tertiary/aromatic N) is 2. The van der Waals surface area contributed by atoms with Crippen LogP contribution in [0.5, 0.6) is 0 Å². The molecule has 0 saturated heterocycles. The van der Waals surface area contributed by atoms with Crippen LogP contribution in [-0.2, 0) is 0 Å². The molecular formula is C11H11BrN2O4. The van der Waals surface area contributed by atoms with Crippen LogP contribution >= 0.6 is 15.9 Å². The number of hydrogen-bond donors (Lipinski definition) is 0. The molecule has 0 radical (unpaired) electrons. The molecule has 0 N–H and O–H groups in total. The van der Waals surface area contributed by atoms with Crippen LogP contribution in [0.4, 0.5) is 5.69 Å². The van der Waals surface area contributed by atoms with Crippen LogP contribution < -0.4 is 0 Å². The van der Waals surface area contributed by atoms with Crippen LogP contribution in [0.3, 0.4) is 0 Å². The van der Waals surface area contributed by atoms with Gasteiger partial charge in [0.2, 0.25) is 5.70 Å². The Kier molecular flexibility index (Phi) is 4.55. The van der Waals surface area contributed by atoms with Crippen LogP contribution in [-0.4, -0.2) is 9.85 Å². The highest BCUT2D eigenvalue weighted by Gasteiger charge is 2.17. The number of benzene rings is 1. The second-order valence-corrected chi connectivity index (χ2v) is 4.80. The molecule has 0 heterocycles. The topological polar surface area (TPSA) is 86.3 Å². The van der Waals surface area contributed by atoms with Crippen molar-refractivity contribution in [3.63, 3.8) is 0 Å². The van der Waals surface area contributed by atoms with Gasteiger partial charge < -0.3 is 0 Å². The molecule has 0 spiro atoms. The summed E-state index contributed by atoms with van der Waals surface area (Å²) in [6.07, 6.45) is 1.35. The lowest BCUT2D eigenvalue weighted by Gasteiger charge is -2.02. The Morgan fingerprint density at radius 2 is 1.94 bits per heavy atom. The Balaban J connectivity index is 3.26. The van der Waals surface area contributed by atoms with E-state index in [4.69, 9.17) is 0 Å². The van der Waals surface area contributed by atoms with Crippen LogP contribution in [0.25, 0.3) is 6.08 Å². The van der Waals surface area contributed by atoms with E-state index in [1.165, 1.54) is 18.2 Å². The third-order valence-corrected chi connectivity index (χ3v) is 2.95. The van der Waals surface area contributed by atoms with E-state index in [0.717, 1.165) is 0 Å². The predicted molar refractivity (Wildman–Crippen MR) is 70.6 cm³/mol. The minimum absolute atomic E-state index is 0.0200. The Bertz CT molecular complexity index is 526. The SMILES string of the molecule is CC(C)/C(=C/c1ccc(Br)c([N+](=O)[O-])c1)[N+](=O)[O-]. The van der Waals surface area contributed by atoms with Crippen LogP contribution in [0.1, 0.15) is 19.4 Å². The van der Waals surface area contributed by atoms with E-state index in [1.54, 1.807) is 19.9 Å². The number of allylic oxidation sites excluding steroid dienone is 1. The van der Waals surface area contributed by atoms with Gasteiger partial charge in [-0.1, -0.05) is 19.9 Å². The maximum Gasteiger partial charge on any atom is 0.284 e. The molecule has 1 aromatic rings. The summed E-state index contributed by atoms with van der Waals surface area (Å²) in [7, 11) is 0. The van der Waals surface area contributed by atoms with Gasteiger partial charge >= 0.3 is 0 Å². The quantitative estimate of drug-likeness (QED) is 0.627. The molecule has 0 amide bonds. The van der Waals surface area contributed by atoms with E-state index in [9.17, 15) is 20.2 Å². The molecule has 0 bridgehead atoms. The van der Waals surface area contributed by atoms with Gasteiger partial charge in [0.05, 0.1) is 14.3 Å². The van der Waals surface area contributed by atoms with E-state index in [2.05, 4.69) is 15.9 Å². The summed E-state index contributed by atoms with van der Waals surface area (Å²) in [5.41, 5.74) is 0.340. The third-order valence-electron chi connectivity index (χ3n) is 2.28. The molecule has 18 heavy (non-hydrogen) atoms. The zero-order valence-electron chi connectivity index (χ0n) is 9.79. The van der Waals surface area contributed by atoms with Crippen LogP contribution in [0, 0.1) is 26.1 Å². The van der Waals surface area contributed by atoms with Crippen molar-refractivity contribution < 1.29 is 9.85 Å². The standard InChI is InChI=1S/C11H11BrN2O4/c1-7(2)10(13(15)16)5-8-3-4-9(12)11(6-8)14(17)18/h3-7H,1-2H3/b10-5-. The zero-order valence-corrected chi connectivity index (χ0v) is 11.4. The Labute approximate surface area is 112 Å². The van der Waals surface area contributed by atoms with Gasteiger partial charge in [-0.15, -0.1) is 0 Å². The van der Waals surface area contributed by atoms with Gasteiger partial charge in [-0.2, -0.15) is 0 Å². The predicted octanol–water partition coefficient (Wildman–Crippen LogP) is 3.63. The number of rotatable bonds is 4. The second-order valence-electron chi connectivity index (χ2n) is 3.95. The van der Waals surface area contributed by atoms with Gasteiger partial charge in [0.25, 0.3) is 5.69 Å². The third kappa shape index (κ3) is 3.36. The van der Waals surface area contributed by atoms with Gasteiger partial charge in [0.1, 0.15) is 0 Å². The molecule has 0 aliphatic heterocycles. The van der Waals surface area contributed by atoms with E-state index < -0.39 is 9.85 Å². The molecule has 0 fully saturated rings. The molecule has 1 aromatic carbocycles. The number of nitro groups is 2. The smallest absolute Gasteiger partial charge is 0.259 e. The maximum atomic E-state index is 10.8. The van der Waals surface area contributed by atoms with Gasteiger partial charge in [0, 0.05) is 18.1 Å². The highest BCUT2D eigenvalue weighted by Crippen LogP contribution is 2.27. The maximum absolute atomic E-state index is 10.8. The van der Waals surface area contributed by atoms with Gasteiger partial charge in [0.15, 0.2) is 0 Å². The molecule has 6 nitrogen and oxygen atoms in total. The van der Waals surface area contributed by atoms with Crippen LogP contribution in [0.2, 0.25) is 0 Å². The minimum atomic E-state index is -0.539. The molecule has 1 rings (SSSR count). The fraction of sp³-hybridized carbons (Fsp3) is 0.273. The lowest BCUT2D eigenvalue weighted by Crippen LogP contribution is -2.05. The number of nitro benzene ring substituents is 1. The summed E-state index contributed by atoms with van der Waals surface area (Å²) < 4.78 is 0.344. The summed E-state index contributed by atoms with van der Waals surface area (Å²) >= 11 is 3.06. The van der Waals surface area contributed by atoms with Crippen molar-refractivity contribution in [2.45, 2.75) is 13.8 Å². The Hall–Kier alpha value is -1.76. The molecule has 0 aliphatic rings. The number of hydrogen-bond acceptors (Lipinski definition) is 4. The van der Waals surface area contributed by atoms with E-state index in [-0.39, 0.29) is 17.3 Å². The van der Waals surface area contributed by atoms with Crippen molar-refractivity contribution in [3.05, 3.63) is 54.2 Å². The Morgan fingerprint density at radius 1 is 1.33 bits per heavy atom. The van der Waals surface area contributed by atoms with Gasteiger partial charge in [-0.25, -0.2) is 0 Å². The molecule has 0 saturated carbocycles. The molecular weight excluding hydrogens is 304 g/mol. The largest absolute Gasteiger partial charge is 0.284 e. The molecule has 0 atom stereocenters. The van der Waals surface area contributed by atoms with Crippen molar-refractivity contribution in [1.29, 1.82) is 0 Å². The van der Waals surface area contributed by atoms with Crippen molar-refractivity contribution in [3.8, 4) is 0 Å². The van der Waals surface area contributed by atoms with Crippen molar-refractivity contribution in [1.82, 2.24) is 0 Å². The first-order chi connectivity index (χ1) is 8.32. The minimum Gasteiger partial charge on any atom is -0.259 e. The molecule has 0 aliphatic carbocycles. The molecule has 0 aromatic heterocycles. The average Bonchev–Trinajstić information content (AvgIpc) is 2.26. The van der Waals surface area contributed by atoms with Crippen molar-refractivity contribution in [2.24, 2.45) is 5.92 Å². The van der Waals surface area contributed by atoms with Crippen molar-refractivity contribution >= 4 is 27.7 Å². The summed E-state index contributed by atoms with van der Waals surface area (Å²) in [5, 5.41) is 21.6. The number of halogens is 1. The fourth-order valence-corrected chi connectivity index (χ4v) is 1.75. The summed E-state index contributed by atoms with van der Waals surface area (Å²) in [4.78, 5) is 20.6. The van der Waals surface area contributed by atoms with Crippen molar-refractivity contribution in [2.75, 3.05) is 0 Å². The zero-order chi connectivity index (χ0) is 13.9. The van der Waals surface area contributed by atoms with Crippen LogP contribution in [0.15, 0.2) is 28.4 Å². The summed E-state index contributed by atoms with van der Waals surface area (Å²) in [5.74, 6) is -0.261. The molecule has 0 unspecified atom stereocenters. The summed E-state index contributed by atoms with van der Waals surface area (Å²) in [6.45, 7) is 3.39. The first kappa shape index (κ1) is 14.3. The van der Waals surface area contributed by atoms with E-state index in [0.29, 0.717) is 10.0 Å². The van der Waals surface area contributed by atoms with E-state index in [1.807, 2.05) is 0 Å². The summed E-state index contributed by atoms with van der Waals surface area (Å²) in [6, 6.07) is 4.39. The van der Waals surface area contributed by atoms with Gasteiger partial charge in [-0.05, 0) is 27.6 Å². The molecule has 7 heteroatoms. The lowest BCUT2D eigenvalue weighted by atomic mass is 10.1. The fourth-order valence-electron chi connectivity index (χ4n) is 1.36. The first-order valence-corrected chi connectivity index (χ1v) is 5.92. The van der Waals surface area contributed by atoms with E-state index >= 15 is 0 Å². The normalized spacial score (nSPS) is 11.7. The first-order valence-electron chi connectivity index (χ1n) is 5.13. The second kappa shape index (κ2) is 5.72. The monoisotopic (exact) mass is 314 g/mol. The Morgan fingerprint density at radius 3 is 2.39 bits per heavy atom. The van der Waals surface area contributed by atoms with Gasteiger partial charge in [-0.3, -0.25) is 20.2 Å². The molecule has 96 valence electrons. The lowest BCUT2D eigenvalue weighted by molar-refractivity contribution is -0.431. The highest BCUT2D eigenvalue weighted by molar-refractivity contribution is 9.10.